The van der Waals surface area contributed by atoms with Crippen LogP contribution in [0.15, 0.2) is 24.5 Å². The summed E-state index contributed by atoms with van der Waals surface area (Å²) in [6.07, 6.45) is 3.93. The van der Waals surface area contributed by atoms with Crippen LogP contribution in [0, 0.1) is 5.92 Å². The summed E-state index contributed by atoms with van der Waals surface area (Å²) >= 11 is 0. The van der Waals surface area contributed by atoms with Crippen LogP contribution in [0.5, 0.6) is 5.75 Å². The van der Waals surface area contributed by atoms with Crippen LogP contribution in [-0.4, -0.2) is 72.2 Å². The summed E-state index contributed by atoms with van der Waals surface area (Å²) in [4.78, 5) is 21.3. The number of carbonyl (C=O) groups is 1. The molecule has 2 aliphatic rings. The van der Waals surface area contributed by atoms with Gasteiger partial charge in [0, 0.05) is 38.4 Å². The summed E-state index contributed by atoms with van der Waals surface area (Å²) in [6, 6.07) is 4.07. The van der Waals surface area contributed by atoms with Gasteiger partial charge in [0.05, 0.1) is 19.4 Å². The fourth-order valence-corrected chi connectivity index (χ4v) is 3.69. The first-order valence-corrected chi connectivity index (χ1v) is 8.86. The fourth-order valence-electron chi connectivity index (χ4n) is 3.69. The van der Waals surface area contributed by atoms with E-state index in [1.54, 1.807) is 12.4 Å². The smallest absolute Gasteiger partial charge is 0.263 e. The second-order valence-corrected chi connectivity index (χ2v) is 6.58. The number of hydrogen-bond donors (Lipinski definition) is 0. The van der Waals surface area contributed by atoms with Gasteiger partial charge in [-0.05, 0) is 25.0 Å². The Morgan fingerprint density at radius 3 is 2.88 bits per heavy atom. The van der Waals surface area contributed by atoms with Crippen molar-refractivity contribution in [2.24, 2.45) is 5.92 Å². The van der Waals surface area contributed by atoms with E-state index in [9.17, 15) is 4.79 Å². The van der Waals surface area contributed by atoms with Gasteiger partial charge in [0.15, 0.2) is 6.10 Å². The van der Waals surface area contributed by atoms with Gasteiger partial charge in [-0.25, -0.2) is 0 Å². The molecule has 24 heavy (non-hydrogen) atoms. The van der Waals surface area contributed by atoms with Crippen LogP contribution < -0.4 is 4.74 Å². The van der Waals surface area contributed by atoms with E-state index < -0.39 is 6.10 Å². The Bertz CT molecular complexity index is 534. The van der Waals surface area contributed by atoms with Crippen molar-refractivity contribution in [3.63, 3.8) is 0 Å². The summed E-state index contributed by atoms with van der Waals surface area (Å²) in [6.45, 7) is 9.15. The van der Waals surface area contributed by atoms with E-state index in [-0.39, 0.29) is 5.91 Å². The van der Waals surface area contributed by atoms with E-state index in [1.807, 2.05) is 24.0 Å². The first-order chi connectivity index (χ1) is 11.7. The van der Waals surface area contributed by atoms with Crippen LogP contribution in [0.3, 0.4) is 0 Å². The van der Waals surface area contributed by atoms with Crippen molar-refractivity contribution in [1.29, 1.82) is 0 Å². The Hall–Kier alpha value is -1.66. The standard InChI is InChI=1S/C18H27N3O3/c1-3-15-12-21(13-17(15)20-7-9-23-10-8-20)18(22)14(2)24-16-5-4-6-19-11-16/h4-6,11,14-15,17H,3,7-10,12-13H2,1-2H3. The molecular formula is C18H27N3O3. The van der Waals surface area contributed by atoms with Gasteiger partial charge in [0.1, 0.15) is 5.75 Å². The third-order valence-electron chi connectivity index (χ3n) is 5.05. The molecule has 0 bridgehead atoms. The molecule has 3 atom stereocenters. The van der Waals surface area contributed by atoms with Crippen LogP contribution in [-0.2, 0) is 9.53 Å². The molecule has 2 fully saturated rings. The minimum atomic E-state index is -0.491. The third-order valence-corrected chi connectivity index (χ3v) is 5.05. The minimum absolute atomic E-state index is 0.0630. The molecule has 3 heterocycles. The number of aromatic nitrogens is 1. The molecule has 132 valence electrons. The summed E-state index contributed by atoms with van der Waals surface area (Å²) < 4.78 is 11.2. The Morgan fingerprint density at radius 1 is 1.42 bits per heavy atom. The van der Waals surface area contributed by atoms with Gasteiger partial charge >= 0.3 is 0 Å². The predicted molar refractivity (Wildman–Crippen MR) is 90.9 cm³/mol. The number of morpholine rings is 1. The Morgan fingerprint density at radius 2 is 2.21 bits per heavy atom. The van der Waals surface area contributed by atoms with E-state index >= 15 is 0 Å². The van der Waals surface area contributed by atoms with E-state index in [0.717, 1.165) is 45.8 Å². The molecule has 0 N–H and O–H groups in total. The molecule has 2 saturated heterocycles. The minimum Gasteiger partial charge on any atom is -0.479 e. The molecule has 1 amide bonds. The lowest BCUT2D eigenvalue weighted by atomic mass is 9.99. The highest BCUT2D eigenvalue weighted by atomic mass is 16.5. The quantitative estimate of drug-likeness (QED) is 0.816. The average Bonchev–Trinajstić information content (AvgIpc) is 3.07. The molecule has 0 saturated carbocycles. The normalized spacial score (nSPS) is 26.3. The molecule has 1 aromatic heterocycles. The van der Waals surface area contributed by atoms with E-state index in [2.05, 4.69) is 16.8 Å². The SMILES string of the molecule is CCC1CN(C(=O)C(C)Oc2cccnc2)CC1N1CCOCC1. The second-order valence-electron chi connectivity index (χ2n) is 6.58. The van der Waals surface area contributed by atoms with Crippen molar-refractivity contribution in [2.45, 2.75) is 32.4 Å². The van der Waals surface area contributed by atoms with Crippen molar-refractivity contribution < 1.29 is 14.3 Å². The molecule has 0 spiro atoms. The number of rotatable bonds is 5. The first kappa shape index (κ1) is 17.2. The van der Waals surface area contributed by atoms with Crippen LogP contribution in [0.4, 0.5) is 0 Å². The summed E-state index contributed by atoms with van der Waals surface area (Å²) in [7, 11) is 0. The number of hydrogen-bond acceptors (Lipinski definition) is 5. The largest absolute Gasteiger partial charge is 0.479 e. The Balaban J connectivity index is 1.60. The first-order valence-electron chi connectivity index (χ1n) is 8.86. The van der Waals surface area contributed by atoms with Crippen LogP contribution in [0.1, 0.15) is 20.3 Å². The van der Waals surface area contributed by atoms with Gasteiger partial charge in [0.25, 0.3) is 5.91 Å². The van der Waals surface area contributed by atoms with E-state index in [1.165, 1.54) is 0 Å². The van der Waals surface area contributed by atoms with Crippen molar-refractivity contribution in [1.82, 2.24) is 14.8 Å². The molecule has 1 aromatic rings. The Labute approximate surface area is 143 Å². The fraction of sp³-hybridized carbons (Fsp3) is 0.667. The number of ether oxygens (including phenoxy) is 2. The zero-order valence-corrected chi connectivity index (χ0v) is 14.6. The number of carbonyl (C=O) groups excluding carboxylic acids is 1. The number of pyridine rings is 1. The predicted octanol–water partition coefficient (Wildman–Crippen LogP) is 1.42. The van der Waals surface area contributed by atoms with Crippen molar-refractivity contribution >= 4 is 5.91 Å². The van der Waals surface area contributed by atoms with Gasteiger partial charge in [0.2, 0.25) is 0 Å². The highest BCUT2D eigenvalue weighted by Crippen LogP contribution is 2.26. The molecule has 0 aliphatic carbocycles. The van der Waals surface area contributed by atoms with Gasteiger partial charge in [-0.1, -0.05) is 13.3 Å². The molecular weight excluding hydrogens is 306 g/mol. The Kier molecular flexibility index (Phi) is 5.68. The molecule has 0 radical (unpaired) electrons. The summed E-state index contributed by atoms with van der Waals surface area (Å²) in [5.74, 6) is 1.22. The van der Waals surface area contributed by atoms with Gasteiger partial charge < -0.3 is 14.4 Å². The van der Waals surface area contributed by atoms with Gasteiger partial charge in [-0.2, -0.15) is 0 Å². The molecule has 3 unspecified atom stereocenters. The number of nitrogens with zero attached hydrogens (tertiary/aromatic N) is 3. The third kappa shape index (κ3) is 3.87. The second kappa shape index (κ2) is 7.94. The summed E-state index contributed by atoms with van der Waals surface area (Å²) in [5, 5.41) is 0. The molecule has 3 rings (SSSR count). The summed E-state index contributed by atoms with van der Waals surface area (Å²) in [5.41, 5.74) is 0. The lowest BCUT2D eigenvalue weighted by Crippen LogP contribution is -2.48. The lowest BCUT2D eigenvalue weighted by Gasteiger charge is -2.34. The average molecular weight is 333 g/mol. The highest BCUT2D eigenvalue weighted by molar-refractivity contribution is 5.81. The molecule has 2 aliphatic heterocycles. The molecule has 6 heteroatoms. The zero-order chi connectivity index (χ0) is 16.9. The van der Waals surface area contributed by atoms with Gasteiger partial charge in [-0.15, -0.1) is 0 Å². The number of likely N-dealkylation sites (tertiary alicyclic amines) is 1. The maximum atomic E-state index is 12.8. The molecule has 0 aromatic carbocycles. The zero-order valence-electron chi connectivity index (χ0n) is 14.6. The van der Waals surface area contributed by atoms with Crippen LogP contribution in [0.2, 0.25) is 0 Å². The van der Waals surface area contributed by atoms with Crippen LogP contribution >= 0.6 is 0 Å². The maximum absolute atomic E-state index is 12.8. The van der Waals surface area contributed by atoms with Crippen molar-refractivity contribution in [3.8, 4) is 5.75 Å². The van der Waals surface area contributed by atoms with Crippen LogP contribution in [0.25, 0.3) is 0 Å². The lowest BCUT2D eigenvalue weighted by molar-refractivity contribution is -0.137. The monoisotopic (exact) mass is 333 g/mol. The van der Waals surface area contributed by atoms with Crippen molar-refractivity contribution in [2.75, 3.05) is 39.4 Å². The number of amides is 1. The topological polar surface area (TPSA) is 54.9 Å². The maximum Gasteiger partial charge on any atom is 0.263 e. The highest BCUT2D eigenvalue weighted by Gasteiger charge is 2.39. The van der Waals surface area contributed by atoms with Crippen molar-refractivity contribution in [3.05, 3.63) is 24.5 Å². The van der Waals surface area contributed by atoms with Gasteiger partial charge in [-0.3, -0.25) is 14.7 Å². The van der Waals surface area contributed by atoms with E-state index in [0.29, 0.717) is 17.7 Å². The van der Waals surface area contributed by atoms with E-state index in [4.69, 9.17) is 9.47 Å². The molecule has 6 nitrogen and oxygen atoms in total.